The molecule has 1 heteroatoms. The first-order chi connectivity index (χ1) is 6.20. The van der Waals surface area contributed by atoms with Gasteiger partial charge in [-0.2, -0.15) is 0 Å². The number of rotatable bonds is 1. The predicted octanol–water partition coefficient (Wildman–Crippen LogP) is 0.857. The van der Waals surface area contributed by atoms with Crippen LogP contribution in [0, 0.1) is 5.92 Å². The number of fused-ring (bicyclic) bond motifs is 1. The van der Waals surface area contributed by atoms with Crippen molar-refractivity contribution in [2.75, 3.05) is 0 Å². The van der Waals surface area contributed by atoms with Gasteiger partial charge in [-0.25, -0.2) is 0 Å². The van der Waals surface area contributed by atoms with Crippen LogP contribution in [0.4, 0.5) is 0 Å². The fraction of sp³-hybridized carbons (Fsp3) is 0.250. The molecule has 0 spiro atoms. The summed E-state index contributed by atoms with van der Waals surface area (Å²) in [7, 11) is 0. The molecule has 0 aromatic heterocycles. The van der Waals surface area contributed by atoms with E-state index in [0.29, 0.717) is 5.92 Å². The van der Waals surface area contributed by atoms with E-state index in [1.54, 1.807) is 6.08 Å². The van der Waals surface area contributed by atoms with Gasteiger partial charge in [0.15, 0.2) is 5.78 Å². The van der Waals surface area contributed by atoms with E-state index in [1.165, 1.54) is 0 Å². The van der Waals surface area contributed by atoms with E-state index in [-0.39, 0.29) is 5.78 Å². The minimum atomic E-state index is 0.177. The minimum absolute atomic E-state index is 0.177. The van der Waals surface area contributed by atoms with E-state index in [2.05, 4.69) is 13.8 Å². The Kier molecular flexibility index (Phi) is 1.80. The van der Waals surface area contributed by atoms with Gasteiger partial charge in [-0.3, -0.25) is 4.79 Å². The van der Waals surface area contributed by atoms with Gasteiger partial charge >= 0.3 is 0 Å². The topological polar surface area (TPSA) is 17.1 Å². The summed E-state index contributed by atoms with van der Waals surface area (Å²) in [4.78, 5) is 11.6. The number of ketones is 1. The first-order valence-corrected chi connectivity index (χ1v) is 4.55. The smallest absolute Gasteiger partial charge is 0.183 e. The molecule has 66 valence electrons. The summed E-state index contributed by atoms with van der Waals surface area (Å²) in [5.74, 6) is 0.489. The second kappa shape index (κ2) is 2.84. The van der Waals surface area contributed by atoms with Crippen LogP contribution in [0.5, 0.6) is 0 Å². The summed E-state index contributed by atoms with van der Waals surface area (Å²) in [6.45, 7) is 4.12. The molecule has 0 saturated heterocycles. The van der Waals surface area contributed by atoms with Crippen molar-refractivity contribution in [1.82, 2.24) is 0 Å². The molecule has 0 amide bonds. The van der Waals surface area contributed by atoms with Crippen molar-refractivity contribution >= 4 is 17.4 Å². The van der Waals surface area contributed by atoms with Crippen LogP contribution in [0.3, 0.4) is 0 Å². The van der Waals surface area contributed by atoms with E-state index in [1.807, 2.05) is 24.3 Å². The average Bonchev–Trinajstić information content (AvgIpc) is 2.39. The van der Waals surface area contributed by atoms with Crippen molar-refractivity contribution in [2.45, 2.75) is 13.8 Å². The lowest BCUT2D eigenvalue weighted by molar-refractivity contribution is -0.108. The molecule has 2 rings (SSSR count). The highest BCUT2D eigenvalue weighted by Gasteiger charge is 2.16. The molecule has 1 aromatic carbocycles. The van der Waals surface area contributed by atoms with Crippen molar-refractivity contribution in [3.8, 4) is 0 Å². The second-order valence-electron chi connectivity index (χ2n) is 3.66. The van der Waals surface area contributed by atoms with Gasteiger partial charge in [0.05, 0.1) is 0 Å². The maximum atomic E-state index is 11.6. The van der Waals surface area contributed by atoms with Crippen LogP contribution in [0.25, 0.3) is 11.6 Å². The van der Waals surface area contributed by atoms with Crippen LogP contribution < -0.4 is 10.4 Å². The van der Waals surface area contributed by atoms with Gasteiger partial charge in [-0.15, -0.1) is 0 Å². The molecule has 1 aliphatic rings. The van der Waals surface area contributed by atoms with Crippen molar-refractivity contribution in [2.24, 2.45) is 5.92 Å². The van der Waals surface area contributed by atoms with Gasteiger partial charge in [0.1, 0.15) is 0 Å². The lowest BCUT2D eigenvalue weighted by atomic mass is 10.00. The third-order valence-electron chi connectivity index (χ3n) is 2.38. The molecule has 0 fully saturated rings. The van der Waals surface area contributed by atoms with Crippen LogP contribution in [0.1, 0.15) is 13.8 Å². The Morgan fingerprint density at radius 3 is 2.54 bits per heavy atom. The van der Waals surface area contributed by atoms with E-state index in [0.717, 1.165) is 16.0 Å². The Hall–Kier alpha value is -1.37. The first kappa shape index (κ1) is 8.24. The van der Waals surface area contributed by atoms with E-state index in [9.17, 15) is 4.79 Å². The molecule has 0 atom stereocenters. The molecule has 1 nitrogen and oxygen atoms in total. The highest BCUT2D eigenvalue weighted by molar-refractivity contribution is 6.32. The lowest BCUT2D eigenvalue weighted by Crippen LogP contribution is -2.23. The Morgan fingerprint density at radius 2 is 1.85 bits per heavy atom. The maximum Gasteiger partial charge on any atom is 0.183 e. The molecule has 0 saturated carbocycles. The number of carbonyl (C=O) groups excluding carboxylic acids is 1. The van der Waals surface area contributed by atoms with E-state index in [4.69, 9.17) is 0 Å². The third kappa shape index (κ3) is 1.21. The van der Waals surface area contributed by atoms with Gasteiger partial charge in [0.25, 0.3) is 0 Å². The SMILES string of the molecule is CC(C)C1=c2ccccc2=CC1=O. The number of Topliss-reactive ketones (excluding diaryl/α,β-unsaturated/α-hetero) is 1. The summed E-state index contributed by atoms with van der Waals surface area (Å²) in [5, 5.41) is 2.18. The summed E-state index contributed by atoms with van der Waals surface area (Å²) in [5.41, 5.74) is 0.954. The third-order valence-corrected chi connectivity index (χ3v) is 2.38. The molecule has 0 heterocycles. The zero-order chi connectivity index (χ0) is 9.42. The predicted molar refractivity (Wildman–Crippen MR) is 53.4 cm³/mol. The highest BCUT2D eigenvalue weighted by atomic mass is 16.1. The average molecular weight is 172 g/mol. The number of hydrogen-bond acceptors (Lipinski definition) is 1. The normalized spacial score (nSPS) is 14.7. The van der Waals surface area contributed by atoms with Gasteiger partial charge < -0.3 is 0 Å². The quantitative estimate of drug-likeness (QED) is 0.614. The Bertz CT molecular complexity index is 466. The minimum Gasteiger partial charge on any atom is -0.290 e. The van der Waals surface area contributed by atoms with Gasteiger partial charge in [0.2, 0.25) is 0 Å². The standard InChI is InChI=1S/C12H12O/c1-8(2)12-10-6-4-3-5-9(10)7-11(12)13/h3-8H,1-2H3. The van der Waals surface area contributed by atoms with Crippen molar-refractivity contribution in [1.29, 1.82) is 0 Å². The second-order valence-corrected chi connectivity index (χ2v) is 3.66. The number of carbonyl (C=O) groups is 1. The number of benzene rings is 1. The molecule has 0 radical (unpaired) electrons. The molecule has 0 N–H and O–H groups in total. The Morgan fingerprint density at radius 1 is 1.15 bits per heavy atom. The molecule has 0 bridgehead atoms. The summed E-state index contributed by atoms with van der Waals surface area (Å²) >= 11 is 0. The Labute approximate surface area is 77.4 Å². The monoisotopic (exact) mass is 172 g/mol. The summed E-state index contributed by atoms with van der Waals surface area (Å²) in [6.07, 6.45) is 1.73. The van der Waals surface area contributed by atoms with Gasteiger partial charge in [-0.05, 0) is 22.4 Å². The van der Waals surface area contributed by atoms with Crippen molar-refractivity contribution < 1.29 is 4.79 Å². The fourth-order valence-electron chi connectivity index (χ4n) is 1.82. The largest absolute Gasteiger partial charge is 0.290 e. The van der Waals surface area contributed by atoms with Crippen LogP contribution in [0.2, 0.25) is 0 Å². The zero-order valence-corrected chi connectivity index (χ0v) is 7.87. The molecule has 0 aliphatic heterocycles. The molecule has 0 unspecified atom stereocenters. The maximum absolute atomic E-state index is 11.6. The molecule has 1 aromatic rings. The summed E-state index contributed by atoms with van der Waals surface area (Å²) in [6, 6.07) is 7.95. The van der Waals surface area contributed by atoms with Crippen molar-refractivity contribution in [3.63, 3.8) is 0 Å². The molecule has 13 heavy (non-hydrogen) atoms. The lowest BCUT2D eigenvalue weighted by Gasteiger charge is -2.03. The molecular formula is C12H12O. The fourth-order valence-corrected chi connectivity index (χ4v) is 1.82. The highest BCUT2D eigenvalue weighted by Crippen LogP contribution is 2.12. The molecule has 1 aliphatic carbocycles. The van der Waals surface area contributed by atoms with E-state index < -0.39 is 0 Å². The Balaban J connectivity index is 2.84. The summed E-state index contributed by atoms with van der Waals surface area (Å²) < 4.78 is 0. The van der Waals surface area contributed by atoms with Crippen LogP contribution >= 0.6 is 0 Å². The van der Waals surface area contributed by atoms with Crippen LogP contribution in [-0.4, -0.2) is 5.78 Å². The van der Waals surface area contributed by atoms with Crippen LogP contribution in [-0.2, 0) is 4.79 Å². The van der Waals surface area contributed by atoms with Crippen molar-refractivity contribution in [3.05, 3.63) is 34.7 Å². The van der Waals surface area contributed by atoms with Crippen LogP contribution in [0.15, 0.2) is 24.3 Å². The molecular weight excluding hydrogens is 160 g/mol. The van der Waals surface area contributed by atoms with E-state index >= 15 is 0 Å². The first-order valence-electron chi connectivity index (χ1n) is 4.55. The number of hydrogen-bond donors (Lipinski definition) is 0. The van der Waals surface area contributed by atoms with Gasteiger partial charge in [-0.1, -0.05) is 38.1 Å². The zero-order valence-electron chi connectivity index (χ0n) is 7.87. The van der Waals surface area contributed by atoms with Gasteiger partial charge in [0, 0.05) is 5.57 Å².